The molecule has 3 aromatic rings. The summed E-state index contributed by atoms with van der Waals surface area (Å²) in [5.74, 6) is 0. The van der Waals surface area contributed by atoms with Gasteiger partial charge in [0.15, 0.2) is 0 Å². The first kappa shape index (κ1) is 13.5. The lowest BCUT2D eigenvalue weighted by Crippen LogP contribution is -2.26. The molecule has 0 saturated heterocycles. The van der Waals surface area contributed by atoms with E-state index in [0.29, 0.717) is 12.1 Å². The zero-order valence-corrected chi connectivity index (χ0v) is 11.9. The topological polar surface area (TPSA) is 60.9 Å². The minimum absolute atomic E-state index is 0.0405. The molecule has 4 nitrogen and oxygen atoms in total. The Hall–Kier alpha value is -2.46. The summed E-state index contributed by atoms with van der Waals surface area (Å²) >= 11 is 0. The molecule has 0 bridgehead atoms. The smallest absolute Gasteiger partial charge is 0.255 e. The maximum absolute atomic E-state index is 12.6. The lowest BCUT2D eigenvalue weighted by atomic mass is 10.1. The molecular weight excluding hydrogens is 262 g/mol. The van der Waals surface area contributed by atoms with Gasteiger partial charge in [0, 0.05) is 18.3 Å². The number of rotatable bonds is 3. The van der Waals surface area contributed by atoms with Crippen molar-refractivity contribution in [2.75, 3.05) is 0 Å². The Morgan fingerprint density at radius 3 is 2.76 bits per heavy atom. The van der Waals surface area contributed by atoms with Gasteiger partial charge in [-0.2, -0.15) is 0 Å². The van der Waals surface area contributed by atoms with E-state index >= 15 is 0 Å². The van der Waals surface area contributed by atoms with Gasteiger partial charge in [0.1, 0.15) is 0 Å². The summed E-state index contributed by atoms with van der Waals surface area (Å²) in [5.41, 5.74) is 9.18. The van der Waals surface area contributed by atoms with Crippen LogP contribution in [0.2, 0.25) is 0 Å². The first-order valence-electron chi connectivity index (χ1n) is 6.92. The molecule has 4 heteroatoms. The maximum atomic E-state index is 12.6. The van der Waals surface area contributed by atoms with Crippen LogP contribution in [-0.4, -0.2) is 9.55 Å². The van der Waals surface area contributed by atoms with Crippen molar-refractivity contribution in [2.24, 2.45) is 5.73 Å². The number of para-hydroxylation sites is 1. The van der Waals surface area contributed by atoms with Gasteiger partial charge in [-0.05, 0) is 36.1 Å². The summed E-state index contributed by atoms with van der Waals surface area (Å²) in [7, 11) is 0. The van der Waals surface area contributed by atoms with Crippen LogP contribution >= 0.6 is 0 Å². The van der Waals surface area contributed by atoms with Crippen molar-refractivity contribution >= 4 is 10.9 Å². The van der Waals surface area contributed by atoms with E-state index in [-0.39, 0.29) is 12.1 Å². The van der Waals surface area contributed by atoms with Crippen LogP contribution in [-0.2, 0) is 13.1 Å². The molecule has 0 spiro atoms. The molecular formula is C17H17N3O. The van der Waals surface area contributed by atoms with Crippen molar-refractivity contribution in [1.82, 2.24) is 9.55 Å². The van der Waals surface area contributed by atoms with Gasteiger partial charge in [0.2, 0.25) is 0 Å². The number of fused-ring (bicyclic) bond motifs is 1. The number of pyridine rings is 2. The Morgan fingerprint density at radius 1 is 1.19 bits per heavy atom. The Balaban J connectivity index is 2.23. The van der Waals surface area contributed by atoms with E-state index in [1.165, 1.54) is 0 Å². The highest BCUT2D eigenvalue weighted by Gasteiger charge is 2.10. The fraction of sp³-hybridized carbons (Fsp3) is 0.176. The number of nitrogens with zero attached hydrogens (tertiary/aromatic N) is 2. The van der Waals surface area contributed by atoms with Crippen LogP contribution in [0.5, 0.6) is 0 Å². The summed E-state index contributed by atoms with van der Waals surface area (Å²) in [4.78, 5) is 17.0. The van der Waals surface area contributed by atoms with E-state index in [4.69, 9.17) is 5.73 Å². The Kier molecular flexibility index (Phi) is 3.54. The van der Waals surface area contributed by atoms with E-state index in [2.05, 4.69) is 4.98 Å². The SMILES string of the molecule is Cc1cccnc1Cn1c(=O)c(CN)cc2ccccc21. The molecule has 0 saturated carbocycles. The number of hydrogen-bond acceptors (Lipinski definition) is 3. The fourth-order valence-corrected chi connectivity index (χ4v) is 2.52. The predicted molar refractivity (Wildman–Crippen MR) is 84.2 cm³/mol. The van der Waals surface area contributed by atoms with Crippen molar-refractivity contribution in [3.05, 3.63) is 75.8 Å². The number of nitrogens with two attached hydrogens (primary N) is 1. The molecule has 3 rings (SSSR count). The molecule has 0 amide bonds. The molecule has 0 atom stereocenters. The summed E-state index contributed by atoms with van der Waals surface area (Å²) in [6, 6.07) is 13.6. The molecule has 0 radical (unpaired) electrons. The second-order valence-electron chi connectivity index (χ2n) is 5.09. The number of benzene rings is 1. The molecule has 2 heterocycles. The van der Waals surface area contributed by atoms with Crippen LogP contribution in [0.4, 0.5) is 0 Å². The average Bonchev–Trinajstić information content (AvgIpc) is 2.51. The zero-order valence-electron chi connectivity index (χ0n) is 11.9. The predicted octanol–water partition coefficient (Wildman–Crippen LogP) is 2.21. The molecule has 1 aromatic carbocycles. The van der Waals surface area contributed by atoms with E-state index < -0.39 is 0 Å². The van der Waals surface area contributed by atoms with Crippen LogP contribution in [0.3, 0.4) is 0 Å². The molecule has 2 N–H and O–H groups in total. The molecule has 106 valence electrons. The highest BCUT2D eigenvalue weighted by Crippen LogP contribution is 2.15. The second-order valence-corrected chi connectivity index (χ2v) is 5.09. The van der Waals surface area contributed by atoms with Gasteiger partial charge in [0.25, 0.3) is 5.56 Å². The third kappa shape index (κ3) is 2.45. The van der Waals surface area contributed by atoms with Crippen LogP contribution < -0.4 is 11.3 Å². The normalized spacial score (nSPS) is 11.0. The van der Waals surface area contributed by atoms with E-state index in [1.54, 1.807) is 10.8 Å². The number of hydrogen-bond donors (Lipinski definition) is 1. The van der Waals surface area contributed by atoms with Crippen molar-refractivity contribution in [3.8, 4) is 0 Å². The maximum Gasteiger partial charge on any atom is 0.255 e. The molecule has 0 aliphatic rings. The van der Waals surface area contributed by atoms with Crippen LogP contribution in [0.15, 0.2) is 53.5 Å². The van der Waals surface area contributed by atoms with Crippen molar-refractivity contribution in [2.45, 2.75) is 20.0 Å². The lowest BCUT2D eigenvalue weighted by Gasteiger charge is -2.13. The van der Waals surface area contributed by atoms with Crippen LogP contribution in [0.25, 0.3) is 10.9 Å². The van der Waals surface area contributed by atoms with Crippen molar-refractivity contribution in [1.29, 1.82) is 0 Å². The van der Waals surface area contributed by atoms with Gasteiger partial charge in [-0.1, -0.05) is 24.3 Å². The highest BCUT2D eigenvalue weighted by molar-refractivity contribution is 5.79. The van der Waals surface area contributed by atoms with Gasteiger partial charge < -0.3 is 10.3 Å². The Morgan fingerprint density at radius 2 is 2.00 bits per heavy atom. The summed E-state index contributed by atoms with van der Waals surface area (Å²) in [6.45, 7) is 2.70. The van der Waals surface area contributed by atoms with Gasteiger partial charge in [-0.25, -0.2) is 0 Å². The first-order valence-corrected chi connectivity index (χ1v) is 6.92. The number of aryl methyl sites for hydroxylation is 1. The van der Waals surface area contributed by atoms with Crippen LogP contribution in [0, 0.1) is 6.92 Å². The minimum atomic E-state index is -0.0405. The molecule has 0 fully saturated rings. The minimum Gasteiger partial charge on any atom is -0.326 e. The zero-order chi connectivity index (χ0) is 14.8. The Bertz CT molecular complexity index is 852. The molecule has 0 aliphatic carbocycles. The Labute approximate surface area is 122 Å². The third-order valence-corrected chi connectivity index (χ3v) is 3.72. The quantitative estimate of drug-likeness (QED) is 0.799. The van der Waals surface area contributed by atoms with E-state index in [9.17, 15) is 4.79 Å². The highest BCUT2D eigenvalue weighted by atomic mass is 16.1. The largest absolute Gasteiger partial charge is 0.326 e. The van der Waals surface area contributed by atoms with Crippen LogP contribution in [0.1, 0.15) is 16.8 Å². The second kappa shape index (κ2) is 5.50. The van der Waals surface area contributed by atoms with Crippen molar-refractivity contribution < 1.29 is 0 Å². The molecule has 0 aliphatic heterocycles. The number of aromatic nitrogens is 2. The van der Waals surface area contributed by atoms with Gasteiger partial charge in [0.05, 0.1) is 17.8 Å². The van der Waals surface area contributed by atoms with Gasteiger partial charge in [-0.15, -0.1) is 0 Å². The summed E-state index contributed by atoms with van der Waals surface area (Å²) in [5, 5.41) is 1.02. The monoisotopic (exact) mass is 279 g/mol. The van der Waals surface area contributed by atoms with Gasteiger partial charge >= 0.3 is 0 Å². The van der Waals surface area contributed by atoms with E-state index in [0.717, 1.165) is 22.2 Å². The van der Waals surface area contributed by atoms with Gasteiger partial charge in [-0.3, -0.25) is 9.78 Å². The van der Waals surface area contributed by atoms with Crippen molar-refractivity contribution in [3.63, 3.8) is 0 Å². The fourth-order valence-electron chi connectivity index (χ4n) is 2.52. The lowest BCUT2D eigenvalue weighted by molar-refractivity contribution is 0.752. The summed E-state index contributed by atoms with van der Waals surface area (Å²) < 4.78 is 1.76. The average molecular weight is 279 g/mol. The first-order chi connectivity index (χ1) is 10.2. The van der Waals surface area contributed by atoms with E-state index in [1.807, 2.05) is 49.4 Å². The molecule has 21 heavy (non-hydrogen) atoms. The summed E-state index contributed by atoms with van der Waals surface area (Å²) in [6.07, 6.45) is 1.75. The molecule has 0 unspecified atom stereocenters. The third-order valence-electron chi connectivity index (χ3n) is 3.72. The standard InChI is InChI=1S/C17H17N3O/c1-12-5-4-8-19-15(12)11-20-16-7-3-2-6-13(16)9-14(10-18)17(20)21/h2-9H,10-11,18H2,1H3. The molecule has 2 aromatic heterocycles.